The van der Waals surface area contributed by atoms with E-state index in [-0.39, 0.29) is 0 Å². The zero-order valence-corrected chi connectivity index (χ0v) is 25.5. The van der Waals surface area contributed by atoms with Crippen LogP contribution >= 0.6 is 0 Å². The van der Waals surface area contributed by atoms with Crippen molar-refractivity contribution < 1.29 is 4.57 Å². The fraction of sp³-hybridized carbons (Fsp3) is 0.912. The Morgan fingerprint density at radius 2 is 0.889 bits per heavy atom. The van der Waals surface area contributed by atoms with Gasteiger partial charge in [0.25, 0.3) is 5.82 Å². The molecule has 1 heterocycles. The molecular formula is C34H67N2+. The van der Waals surface area contributed by atoms with Crippen molar-refractivity contribution in [1.29, 1.82) is 0 Å². The highest BCUT2D eigenvalue weighted by molar-refractivity contribution is 4.86. The summed E-state index contributed by atoms with van der Waals surface area (Å²) in [7, 11) is 0. The van der Waals surface area contributed by atoms with Crippen molar-refractivity contribution in [2.24, 2.45) is 0 Å². The van der Waals surface area contributed by atoms with E-state index in [0.29, 0.717) is 6.04 Å². The van der Waals surface area contributed by atoms with Crippen LogP contribution in [-0.2, 0) is 13.0 Å². The van der Waals surface area contributed by atoms with E-state index in [9.17, 15) is 0 Å². The van der Waals surface area contributed by atoms with E-state index in [2.05, 4.69) is 49.2 Å². The molecule has 1 rings (SSSR count). The number of aromatic nitrogens is 2. The second-order valence-electron chi connectivity index (χ2n) is 11.9. The van der Waals surface area contributed by atoms with E-state index in [0.717, 1.165) is 0 Å². The fourth-order valence-corrected chi connectivity index (χ4v) is 5.67. The van der Waals surface area contributed by atoms with Crippen LogP contribution in [-0.4, -0.2) is 4.57 Å². The minimum Gasteiger partial charge on any atom is -0.234 e. The summed E-state index contributed by atoms with van der Waals surface area (Å²) in [5.41, 5.74) is 0. The maximum Gasteiger partial charge on any atom is 0.256 e. The summed E-state index contributed by atoms with van der Waals surface area (Å²) >= 11 is 0. The van der Waals surface area contributed by atoms with E-state index in [1.807, 2.05) is 0 Å². The number of hydrogen-bond donors (Lipinski definition) is 0. The second kappa shape index (κ2) is 24.5. The fourth-order valence-electron chi connectivity index (χ4n) is 5.67. The van der Waals surface area contributed by atoms with Crippen molar-refractivity contribution >= 4 is 0 Å². The van der Waals surface area contributed by atoms with Crippen molar-refractivity contribution in [1.82, 2.24) is 4.57 Å². The molecule has 0 unspecified atom stereocenters. The third-order valence-electron chi connectivity index (χ3n) is 8.10. The Kier molecular flexibility index (Phi) is 22.7. The van der Waals surface area contributed by atoms with Crippen molar-refractivity contribution in [3.05, 3.63) is 18.2 Å². The largest absolute Gasteiger partial charge is 0.256 e. The Morgan fingerprint density at radius 3 is 1.28 bits per heavy atom. The van der Waals surface area contributed by atoms with Gasteiger partial charge in [0.2, 0.25) is 0 Å². The molecule has 0 saturated carbocycles. The predicted octanol–water partition coefficient (Wildman–Crippen LogP) is 11.3. The lowest BCUT2D eigenvalue weighted by atomic mass is 10.0. The van der Waals surface area contributed by atoms with Crippen LogP contribution in [0.4, 0.5) is 0 Å². The predicted molar refractivity (Wildman–Crippen MR) is 161 cm³/mol. The molecular weight excluding hydrogens is 436 g/mol. The van der Waals surface area contributed by atoms with Crippen molar-refractivity contribution in [3.8, 4) is 0 Å². The molecule has 0 aliphatic carbocycles. The Bertz CT molecular complexity index is 574. The molecule has 2 nitrogen and oxygen atoms in total. The average molecular weight is 504 g/mol. The molecule has 0 fully saturated rings. The summed E-state index contributed by atoms with van der Waals surface area (Å²) < 4.78 is 5.10. The van der Waals surface area contributed by atoms with Crippen LogP contribution in [0.5, 0.6) is 0 Å². The molecule has 0 aliphatic heterocycles. The van der Waals surface area contributed by atoms with Gasteiger partial charge >= 0.3 is 0 Å². The standard InChI is InChI=1S/C34H67N2/c1-5-7-9-11-13-15-17-18-19-20-21-23-25-27-29-34-35(31-32-36(34)33(3)4)30-28-26-24-22-16-14-12-10-8-6-2/h31-33H,5-30H2,1-4H3/q+1. The summed E-state index contributed by atoms with van der Waals surface area (Å²) in [5, 5.41) is 0. The third kappa shape index (κ3) is 17.6. The lowest BCUT2D eigenvalue weighted by Crippen LogP contribution is -2.37. The summed E-state index contributed by atoms with van der Waals surface area (Å²) in [6, 6.07) is 0.570. The summed E-state index contributed by atoms with van der Waals surface area (Å²) in [5.74, 6) is 1.57. The molecule has 1 aromatic heterocycles. The molecule has 2 heteroatoms. The lowest BCUT2D eigenvalue weighted by molar-refractivity contribution is -0.704. The summed E-state index contributed by atoms with van der Waals surface area (Å²) in [6.07, 6.45) is 40.3. The number of aryl methyl sites for hydroxylation is 1. The highest BCUT2D eigenvalue weighted by Gasteiger charge is 2.18. The Hall–Kier alpha value is -0.790. The van der Waals surface area contributed by atoms with E-state index >= 15 is 0 Å². The minimum absolute atomic E-state index is 0.570. The van der Waals surface area contributed by atoms with Gasteiger partial charge in [-0.3, -0.25) is 0 Å². The van der Waals surface area contributed by atoms with Gasteiger partial charge in [-0.2, -0.15) is 0 Å². The van der Waals surface area contributed by atoms with E-state index in [4.69, 9.17) is 0 Å². The Morgan fingerprint density at radius 1 is 0.528 bits per heavy atom. The van der Waals surface area contributed by atoms with Gasteiger partial charge in [0.1, 0.15) is 12.4 Å². The monoisotopic (exact) mass is 504 g/mol. The molecule has 0 radical (unpaired) electrons. The molecule has 212 valence electrons. The summed E-state index contributed by atoms with van der Waals surface area (Å²) in [4.78, 5) is 0. The first-order valence-electron chi connectivity index (χ1n) is 16.8. The minimum atomic E-state index is 0.570. The van der Waals surface area contributed by atoms with Gasteiger partial charge in [-0.25, -0.2) is 9.13 Å². The number of unbranched alkanes of at least 4 members (excludes halogenated alkanes) is 22. The Balaban J connectivity index is 2.10. The van der Waals surface area contributed by atoms with Gasteiger partial charge in [-0.1, -0.05) is 149 Å². The number of imidazole rings is 1. The number of rotatable bonds is 27. The molecule has 0 spiro atoms. The van der Waals surface area contributed by atoms with Gasteiger partial charge in [-0.05, 0) is 33.1 Å². The van der Waals surface area contributed by atoms with E-state index < -0.39 is 0 Å². The maximum absolute atomic E-state index is 2.58. The Labute approximate surface area is 228 Å². The van der Waals surface area contributed by atoms with Crippen molar-refractivity contribution in [2.75, 3.05) is 0 Å². The second-order valence-corrected chi connectivity index (χ2v) is 11.9. The van der Waals surface area contributed by atoms with Crippen LogP contribution in [0.2, 0.25) is 0 Å². The number of nitrogens with zero attached hydrogens (tertiary/aromatic N) is 2. The summed E-state index contributed by atoms with van der Waals surface area (Å²) in [6.45, 7) is 10.5. The van der Waals surface area contributed by atoms with Crippen LogP contribution in [0, 0.1) is 0 Å². The van der Waals surface area contributed by atoms with Crippen LogP contribution in [0.1, 0.15) is 194 Å². The van der Waals surface area contributed by atoms with Crippen molar-refractivity contribution in [3.63, 3.8) is 0 Å². The zero-order chi connectivity index (χ0) is 26.1. The molecule has 36 heavy (non-hydrogen) atoms. The van der Waals surface area contributed by atoms with Crippen LogP contribution in [0.15, 0.2) is 12.4 Å². The average Bonchev–Trinajstić information content (AvgIpc) is 3.28. The number of hydrogen-bond acceptors (Lipinski definition) is 0. The molecule has 0 N–H and O–H groups in total. The van der Waals surface area contributed by atoms with Crippen molar-refractivity contribution in [2.45, 2.75) is 201 Å². The quantitative estimate of drug-likeness (QED) is 0.0833. The molecule has 0 atom stereocenters. The van der Waals surface area contributed by atoms with Gasteiger partial charge in [0, 0.05) is 6.42 Å². The van der Waals surface area contributed by atoms with Crippen LogP contribution in [0.25, 0.3) is 0 Å². The van der Waals surface area contributed by atoms with E-state index in [1.54, 1.807) is 5.82 Å². The lowest BCUT2D eigenvalue weighted by Gasteiger charge is -2.08. The third-order valence-corrected chi connectivity index (χ3v) is 8.10. The smallest absolute Gasteiger partial charge is 0.234 e. The van der Waals surface area contributed by atoms with Gasteiger partial charge in [0.05, 0.1) is 12.6 Å². The molecule has 0 bridgehead atoms. The first-order valence-corrected chi connectivity index (χ1v) is 16.8. The van der Waals surface area contributed by atoms with Gasteiger partial charge < -0.3 is 0 Å². The zero-order valence-electron chi connectivity index (χ0n) is 25.5. The molecule has 0 aromatic carbocycles. The normalized spacial score (nSPS) is 11.7. The van der Waals surface area contributed by atoms with Gasteiger partial charge in [0.15, 0.2) is 0 Å². The molecule has 0 aliphatic rings. The maximum atomic E-state index is 2.58. The molecule has 1 aromatic rings. The van der Waals surface area contributed by atoms with Crippen LogP contribution in [0.3, 0.4) is 0 Å². The van der Waals surface area contributed by atoms with Crippen LogP contribution < -0.4 is 4.57 Å². The first-order chi connectivity index (χ1) is 17.7. The van der Waals surface area contributed by atoms with E-state index in [1.165, 1.54) is 167 Å². The molecule has 0 amide bonds. The highest BCUT2D eigenvalue weighted by atomic mass is 15.2. The highest BCUT2D eigenvalue weighted by Crippen LogP contribution is 2.15. The SMILES string of the molecule is CCCCCCCCCCCCCCCCc1n(C(C)C)cc[n+]1CCCCCCCCCCCC. The topological polar surface area (TPSA) is 8.81 Å². The van der Waals surface area contributed by atoms with Gasteiger partial charge in [-0.15, -0.1) is 0 Å². The molecule has 0 saturated heterocycles. The first kappa shape index (κ1) is 33.2.